The Kier molecular flexibility index (Phi) is 5.69. The lowest BCUT2D eigenvalue weighted by atomic mass is 10.1. The number of benzene rings is 1. The molecule has 1 atom stereocenters. The summed E-state index contributed by atoms with van der Waals surface area (Å²) in [4.78, 5) is 38.3. The Morgan fingerprint density at radius 3 is 3.06 bits per heavy atom. The SMILES string of the molecule is COc1ccc2c(c1)C(=O)N(c1nc(C(=O)Nc3cnccc3N3CCN[C@@H](C)C3)cs1)C2.[HH].[HH]. The van der Waals surface area contributed by atoms with Gasteiger partial charge in [-0.3, -0.25) is 19.5 Å². The molecule has 0 radical (unpaired) electrons. The van der Waals surface area contributed by atoms with Crippen LogP contribution in [0.2, 0.25) is 0 Å². The van der Waals surface area contributed by atoms with E-state index in [-0.39, 0.29) is 20.4 Å². The third-order valence-electron chi connectivity index (χ3n) is 5.83. The van der Waals surface area contributed by atoms with Crippen LogP contribution in [-0.2, 0) is 6.54 Å². The van der Waals surface area contributed by atoms with Gasteiger partial charge in [-0.15, -0.1) is 11.3 Å². The average molecular weight is 469 g/mol. The smallest absolute Gasteiger partial charge is 0.275 e. The molecule has 0 unspecified atom stereocenters. The fourth-order valence-electron chi connectivity index (χ4n) is 4.15. The number of hydrogen-bond donors (Lipinski definition) is 2. The van der Waals surface area contributed by atoms with E-state index in [0.717, 1.165) is 30.9 Å². The van der Waals surface area contributed by atoms with Crippen molar-refractivity contribution in [2.24, 2.45) is 0 Å². The molecule has 3 aromatic rings. The molecule has 2 aliphatic heterocycles. The standard InChI is InChI=1S/C23H24N6O3S.2H2/c1-14-11-28(8-7-25-14)20-5-6-24-10-18(20)26-21(30)19-13-33-23(27-19)29-12-15-3-4-16(32-2)9-17(15)22(29)31;;/h3-6,9-10,13-14,25H,7-8,11-12H2,1-2H3,(H,26,30);2*1H/t14-;;/m0../s1. The van der Waals surface area contributed by atoms with Crippen molar-refractivity contribution in [1.29, 1.82) is 0 Å². The molecule has 2 aromatic heterocycles. The summed E-state index contributed by atoms with van der Waals surface area (Å²) in [6.45, 7) is 5.12. The molecular weight excluding hydrogens is 440 g/mol. The van der Waals surface area contributed by atoms with E-state index in [1.54, 1.807) is 35.8 Å². The maximum absolute atomic E-state index is 13.0. The molecule has 2 amide bonds. The zero-order valence-corrected chi connectivity index (χ0v) is 19.2. The average Bonchev–Trinajstić information content (AvgIpc) is 3.44. The molecule has 5 rings (SSSR count). The Hall–Kier alpha value is -3.50. The van der Waals surface area contributed by atoms with E-state index in [1.807, 2.05) is 18.2 Å². The normalized spacial score (nSPS) is 17.8. The molecule has 2 aliphatic rings. The minimum atomic E-state index is -0.333. The predicted octanol–water partition coefficient (Wildman–Crippen LogP) is 3.25. The third-order valence-corrected chi connectivity index (χ3v) is 6.70. The molecule has 9 nitrogen and oxygen atoms in total. The largest absolute Gasteiger partial charge is 0.497 e. The summed E-state index contributed by atoms with van der Waals surface area (Å²) in [6, 6.07) is 7.72. The van der Waals surface area contributed by atoms with Gasteiger partial charge in [-0.2, -0.15) is 0 Å². The van der Waals surface area contributed by atoms with Crippen molar-refractivity contribution < 1.29 is 17.2 Å². The van der Waals surface area contributed by atoms with Crippen LogP contribution in [-0.4, -0.2) is 54.6 Å². The summed E-state index contributed by atoms with van der Waals surface area (Å²) in [5.74, 6) is 0.155. The predicted molar refractivity (Wildman–Crippen MR) is 132 cm³/mol. The third kappa shape index (κ3) is 4.14. The van der Waals surface area contributed by atoms with E-state index in [1.165, 1.54) is 11.3 Å². The fourth-order valence-corrected chi connectivity index (χ4v) is 4.95. The number of hydrogen-bond acceptors (Lipinski definition) is 8. The van der Waals surface area contributed by atoms with Gasteiger partial charge < -0.3 is 20.3 Å². The maximum Gasteiger partial charge on any atom is 0.275 e. The van der Waals surface area contributed by atoms with Crippen LogP contribution in [0.3, 0.4) is 0 Å². The fraction of sp³-hybridized carbons (Fsp3) is 0.304. The van der Waals surface area contributed by atoms with Gasteiger partial charge in [0.15, 0.2) is 5.13 Å². The molecule has 0 bridgehead atoms. The van der Waals surface area contributed by atoms with Crippen LogP contribution in [0, 0.1) is 0 Å². The maximum atomic E-state index is 13.0. The second-order valence-corrected chi connectivity index (χ2v) is 8.91. The molecule has 1 fully saturated rings. The van der Waals surface area contributed by atoms with Gasteiger partial charge in [-0.1, -0.05) is 6.07 Å². The molecule has 0 saturated carbocycles. The number of fused-ring (bicyclic) bond motifs is 1. The molecular formula is C23H28N6O3S. The number of ether oxygens (including phenoxy) is 1. The Balaban J connectivity index is 0.00000171. The van der Waals surface area contributed by atoms with E-state index in [4.69, 9.17) is 4.74 Å². The first kappa shape index (κ1) is 21.4. The second-order valence-electron chi connectivity index (χ2n) is 8.08. The summed E-state index contributed by atoms with van der Waals surface area (Å²) >= 11 is 1.27. The van der Waals surface area contributed by atoms with Crippen LogP contribution in [0.4, 0.5) is 16.5 Å². The number of carbonyl (C=O) groups is 2. The Labute approximate surface area is 198 Å². The van der Waals surface area contributed by atoms with E-state index in [2.05, 4.69) is 32.4 Å². The molecule has 2 N–H and O–H groups in total. The van der Waals surface area contributed by atoms with Gasteiger partial charge in [0.05, 0.1) is 31.2 Å². The monoisotopic (exact) mass is 468 g/mol. The number of thiazole rings is 1. The van der Waals surface area contributed by atoms with Gasteiger partial charge in [0.25, 0.3) is 11.8 Å². The van der Waals surface area contributed by atoms with Crippen LogP contribution in [0.25, 0.3) is 0 Å². The first-order valence-electron chi connectivity index (χ1n) is 10.7. The molecule has 174 valence electrons. The van der Waals surface area contributed by atoms with Gasteiger partial charge in [0.1, 0.15) is 11.4 Å². The van der Waals surface area contributed by atoms with Crippen molar-refractivity contribution in [3.63, 3.8) is 0 Å². The molecule has 4 heterocycles. The van der Waals surface area contributed by atoms with Crippen LogP contribution in [0.5, 0.6) is 5.75 Å². The molecule has 10 heteroatoms. The lowest BCUT2D eigenvalue weighted by Gasteiger charge is -2.34. The first-order chi connectivity index (χ1) is 16.0. The van der Waals surface area contributed by atoms with Gasteiger partial charge in [0.2, 0.25) is 0 Å². The number of methoxy groups -OCH3 is 1. The summed E-state index contributed by atoms with van der Waals surface area (Å²) in [7, 11) is 1.57. The number of anilines is 3. The summed E-state index contributed by atoms with van der Waals surface area (Å²) in [6.07, 6.45) is 3.38. The van der Waals surface area contributed by atoms with Crippen LogP contribution in [0.1, 0.15) is 36.2 Å². The van der Waals surface area contributed by atoms with Crippen molar-refractivity contribution >= 4 is 39.7 Å². The van der Waals surface area contributed by atoms with Gasteiger partial charge >= 0.3 is 0 Å². The molecule has 1 saturated heterocycles. The minimum absolute atomic E-state index is 0. The Morgan fingerprint density at radius 1 is 1.36 bits per heavy atom. The van der Waals surface area contributed by atoms with Crippen LogP contribution >= 0.6 is 11.3 Å². The number of nitrogens with one attached hydrogen (secondary N) is 2. The van der Waals surface area contributed by atoms with Crippen molar-refractivity contribution in [3.05, 3.63) is 58.9 Å². The summed E-state index contributed by atoms with van der Waals surface area (Å²) in [5.41, 5.74) is 3.34. The van der Waals surface area contributed by atoms with E-state index < -0.39 is 0 Å². The van der Waals surface area contributed by atoms with Crippen molar-refractivity contribution in [2.45, 2.75) is 19.5 Å². The number of aromatic nitrogens is 2. The van der Waals surface area contributed by atoms with Gasteiger partial charge in [0, 0.05) is 45.7 Å². The van der Waals surface area contributed by atoms with E-state index in [0.29, 0.717) is 34.7 Å². The van der Waals surface area contributed by atoms with Crippen LogP contribution < -0.4 is 25.2 Å². The summed E-state index contributed by atoms with van der Waals surface area (Å²) in [5, 5.41) is 8.53. The van der Waals surface area contributed by atoms with E-state index in [9.17, 15) is 9.59 Å². The lowest BCUT2D eigenvalue weighted by molar-refractivity contribution is 0.0991. The zero-order valence-electron chi connectivity index (χ0n) is 18.4. The number of nitrogens with zero attached hydrogens (tertiary/aromatic N) is 4. The van der Waals surface area contributed by atoms with Crippen molar-refractivity contribution in [1.82, 2.24) is 15.3 Å². The molecule has 0 aliphatic carbocycles. The quantitative estimate of drug-likeness (QED) is 0.593. The number of amides is 2. The highest BCUT2D eigenvalue weighted by Crippen LogP contribution is 2.33. The highest BCUT2D eigenvalue weighted by atomic mass is 32.1. The van der Waals surface area contributed by atoms with Gasteiger partial charge in [-0.05, 0) is 30.7 Å². The van der Waals surface area contributed by atoms with E-state index >= 15 is 0 Å². The molecule has 1 aromatic carbocycles. The number of piperazine rings is 1. The summed E-state index contributed by atoms with van der Waals surface area (Å²) < 4.78 is 5.23. The van der Waals surface area contributed by atoms with Crippen molar-refractivity contribution in [2.75, 3.05) is 41.9 Å². The highest BCUT2D eigenvalue weighted by Gasteiger charge is 2.31. The number of pyridine rings is 1. The van der Waals surface area contributed by atoms with Crippen molar-refractivity contribution in [3.8, 4) is 5.75 Å². The minimum Gasteiger partial charge on any atom is -0.497 e. The number of rotatable bonds is 5. The second kappa shape index (κ2) is 8.80. The molecule has 0 spiro atoms. The zero-order chi connectivity index (χ0) is 22.9. The Morgan fingerprint density at radius 2 is 2.24 bits per heavy atom. The number of carbonyl (C=O) groups excluding carboxylic acids is 2. The highest BCUT2D eigenvalue weighted by molar-refractivity contribution is 7.14. The van der Waals surface area contributed by atoms with Crippen LogP contribution in [0.15, 0.2) is 42.0 Å². The topological polar surface area (TPSA) is 99.7 Å². The first-order valence-corrected chi connectivity index (χ1v) is 11.6. The lowest BCUT2D eigenvalue weighted by Crippen LogP contribution is -2.49. The molecule has 33 heavy (non-hydrogen) atoms. The Bertz CT molecular complexity index is 1220. The van der Waals surface area contributed by atoms with Gasteiger partial charge in [-0.25, -0.2) is 4.98 Å².